The van der Waals surface area contributed by atoms with E-state index in [9.17, 15) is 8.42 Å². The van der Waals surface area contributed by atoms with Crippen LogP contribution in [0, 0.1) is 0 Å². The predicted molar refractivity (Wildman–Crippen MR) is 149 cm³/mol. The number of nitrogens with zero attached hydrogens (tertiary/aromatic N) is 1. The molecule has 1 aromatic heterocycles. The Labute approximate surface area is 227 Å². The first-order valence-corrected chi connectivity index (χ1v) is 15.1. The number of primary sulfonamides is 1. The van der Waals surface area contributed by atoms with Crippen molar-refractivity contribution in [1.82, 2.24) is 4.98 Å². The van der Waals surface area contributed by atoms with Gasteiger partial charge in [0.05, 0.1) is 16.2 Å². The lowest BCUT2D eigenvalue weighted by Crippen LogP contribution is -2.35. The van der Waals surface area contributed by atoms with Crippen LogP contribution in [0.25, 0.3) is 22.6 Å². The predicted octanol–water partition coefficient (Wildman–Crippen LogP) is 5.74. The van der Waals surface area contributed by atoms with E-state index >= 15 is 0 Å². The molecule has 0 amide bonds. The second-order valence-corrected chi connectivity index (χ2v) is 11.8. The minimum atomic E-state index is -3.78. The maximum absolute atomic E-state index is 11.7. The zero-order valence-electron chi connectivity index (χ0n) is 21.1. The van der Waals surface area contributed by atoms with Gasteiger partial charge in [-0.3, -0.25) is 0 Å². The van der Waals surface area contributed by atoms with E-state index in [-0.39, 0.29) is 10.5 Å². The van der Waals surface area contributed by atoms with E-state index in [1.807, 2.05) is 30.3 Å². The molecule has 0 spiro atoms. The Morgan fingerprint density at radius 1 is 0.947 bits per heavy atom. The zero-order valence-corrected chi connectivity index (χ0v) is 22.8. The number of benzene rings is 3. The Hall–Kier alpha value is -2.95. The molecule has 9 heteroatoms. The molecule has 38 heavy (non-hydrogen) atoms. The smallest absolute Gasteiger partial charge is 0.238 e. The molecular weight excluding hydrogens is 520 g/mol. The summed E-state index contributed by atoms with van der Waals surface area (Å²) in [5.41, 5.74) is 4.48. The third-order valence-corrected chi connectivity index (χ3v) is 8.72. The third kappa shape index (κ3) is 5.87. The van der Waals surface area contributed by atoms with Crippen molar-refractivity contribution < 1.29 is 22.3 Å². The highest BCUT2D eigenvalue weighted by atomic mass is 32.2. The summed E-state index contributed by atoms with van der Waals surface area (Å²) < 4.78 is 41.1. The van der Waals surface area contributed by atoms with Gasteiger partial charge in [0.1, 0.15) is 5.69 Å². The van der Waals surface area contributed by atoms with E-state index in [4.69, 9.17) is 24.0 Å². The van der Waals surface area contributed by atoms with Gasteiger partial charge in [-0.2, -0.15) is 0 Å². The average Bonchev–Trinajstić information content (AvgIpc) is 3.38. The van der Waals surface area contributed by atoms with Crippen molar-refractivity contribution in [2.45, 2.75) is 34.8 Å². The summed E-state index contributed by atoms with van der Waals surface area (Å²) in [5.74, 6) is 2.58. The molecule has 7 nitrogen and oxygen atoms in total. The third-order valence-electron chi connectivity index (χ3n) is 6.80. The van der Waals surface area contributed by atoms with Gasteiger partial charge in [0.15, 0.2) is 5.76 Å². The molecule has 0 aliphatic carbocycles. The van der Waals surface area contributed by atoms with Crippen LogP contribution in [-0.2, 0) is 36.6 Å². The van der Waals surface area contributed by atoms with Crippen LogP contribution in [0.15, 0.2) is 88.2 Å². The standard InChI is InChI=1S/C29H30N2O5S2/c1-34-29(14-16-35-17-15-29)24-9-5-6-21(18-24)19-37-20-26-31-27(22-7-3-2-4-8-22)28(36-26)23-10-12-25(13-11-23)38(30,32)33/h2-13,18H,14-17,19-20H2,1H3,(H2,30,32,33). The van der Waals surface area contributed by atoms with E-state index in [0.29, 0.717) is 36.3 Å². The number of rotatable bonds is 9. The van der Waals surface area contributed by atoms with Crippen molar-refractivity contribution in [3.63, 3.8) is 0 Å². The number of aromatic nitrogens is 1. The highest BCUT2D eigenvalue weighted by Crippen LogP contribution is 2.37. The molecule has 198 valence electrons. The topological polar surface area (TPSA) is 105 Å². The van der Waals surface area contributed by atoms with Crippen LogP contribution in [0.4, 0.5) is 0 Å². The summed E-state index contributed by atoms with van der Waals surface area (Å²) in [5, 5.41) is 5.26. The van der Waals surface area contributed by atoms with Crippen LogP contribution in [0.2, 0.25) is 0 Å². The molecule has 1 aliphatic rings. The van der Waals surface area contributed by atoms with E-state index in [2.05, 4.69) is 24.3 Å². The maximum Gasteiger partial charge on any atom is 0.238 e. The van der Waals surface area contributed by atoms with E-state index < -0.39 is 10.0 Å². The molecule has 1 fully saturated rings. The lowest BCUT2D eigenvalue weighted by molar-refractivity contribution is -0.0948. The number of methoxy groups -OCH3 is 1. The summed E-state index contributed by atoms with van der Waals surface area (Å²) in [6.45, 7) is 1.40. The van der Waals surface area contributed by atoms with Gasteiger partial charge in [0.25, 0.3) is 0 Å². The minimum absolute atomic E-state index is 0.0519. The van der Waals surface area contributed by atoms with Crippen molar-refractivity contribution in [2.24, 2.45) is 5.14 Å². The van der Waals surface area contributed by atoms with E-state index in [1.165, 1.54) is 23.3 Å². The van der Waals surface area contributed by atoms with Crippen molar-refractivity contribution in [3.8, 4) is 22.6 Å². The monoisotopic (exact) mass is 550 g/mol. The van der Waals surface area contributed by atoms with Gasteiger partial charge in [-0.05, 0) is 35.4 Å². The van der Waals surface area contributed by atoms with Crippen molar-refractivity contribution in [2.75, 3.05) is 20.3 Å². The van der Waals surface area contributed by atoms with Crippen LogP contribution in [-0.4, -0.2) is 33.7 Å². The largest absolute Gasteiger partial charge is 0.439 e. The summed E-state index contributed by atoms with van der Waals surface area (Å²) >= 11 is 1.72. The fraction of sp³-hybridized carbons (Fsp3) is 0.276. The zero-order chi connectivity index (χ0) is 26.6. The molecule has 0 bridgehead atoms. The lowest BCUT2D eigenvalue weighted by Gasteiger charge is -2.36. The molecule has 1 saturated heterocycles. The summed E-state index contributed by atoms with van der Waals surface area (Å²) in [6, 6.07) is 24.7. The summed E-state index contributed by atoms with van der Waals surface area (Å²) in [6.07, 6.45) is 1.69. The molecule has 3 aromatic carbocycles. The minimum Gasteiger partial charge on any atom is -0.439 e. The number of nitrogens with two attached hydrogens (primary N) is 1. The number of hydrogen-bond acceptors (Lipinski definition) is 7. The van der Waals surface area contributed by atoms with E-state index in [0.717, 1.165) is 29.7 Å². The number of hydrogen-bond donors (Lipinski definition) is 1. The van der Waals surface area contributed by atoms with Crippen LogP contribution in [0.1, 0.15) is 29.9 Å². The highest BCUT2D eigenvalue weighted by Gasteiger charge is 2.34. The van der Waals surface area contributed by atoms with Gasteiger partial charge >= 0.3 is 0 Å². The average molecular weight is 551 g/mol. The fourth-order valence-corrected chi connectivity index (χ4v) is 6.05. The summed E-state index contributed by atoms with van der Waals surface area (Å²) in [7, 11) is -2.00. The number of oxazole rings is 1. The molecule has 0 saturated carbocycles. The molecular formula is C29H30N2O5S2. The second-order valence-electron chi connectivity index (χ2n) is 9.22. The maximum atomic E-state index is 11.7. The Balaban J connectivity index is 1.35. The first kappa shape index (κ1) is 26.6. The number of sulfonamides is 1. The lowest BCUT2D eigenvalue weighted by atomic mass is 9.85. The van der Waals surface area contributed by atoms with Gasteiger partial charge in [-0.15, -0.1) is 11.8 Å². The SMILES string of the molecule is COC1(c2cccc(CSCc3nc(-c4ccccc4)c(-c4ccc(S(N)(=O)=O)cc4)o3)c2)CCOCC1. The molecule has 2 N–H and O–H groups in total. The second kappa shape index (κ2) is 11.4. The first-order valence-electron chi connectivity index (χ1n) is 12.4. The Kier molecular flexibility index (Phi) is 8.01. The van der Waals surface area contributed by atoms with Crippen LogP contribution < -0.4 is 5.14 Å². The molecule has 0 unspecified atom stereocenters. The van der Waals surface area contributed by atoms with Crippen molar-refractivity contribution >= 4 is 21.8 Å². The van der Waals surface area contributed by atoms with Gasteiger partial charge in [-0.1, -0.05) is 54.6 Å². The van der Waals surface area contributed by atoms with E-state index in [1.54, 1.807) is 31.0 Å². The Bertz CT molecular complexity index is 1480. The summed E-state index contributed by atoms with van der Waals surface area (Å²) in [4.78, 5) is 4.86. The van der Waals surface area contributed by atoms with Crippen molar-refractivity contribution in [1.29, 1.82) is 0 Å². The highest BCUT2D eigenvalue weighted by molar-refractivity contribution is 7.97. The number of ether oxygens (including phenoxy) is 2. The molecule has 2 heterocycles. The quantitative estimate of drug-likeness (QED) is 0.283. The van der Waals surface area contributed by atoms with Crippen molar-refractivity contribution in [3.05, 3.63) is 95.9 Å². The van der Waals surface area contributed by atoms with Crippen LogP contribution >= 0.6 is 11.8 Å². The molecule has 4 aromatic rings. The van der Waals surface area contributed by atoms with Crippen LogP contribution in [0.3, 0.4) is 0 Å². The van der Waals surface area contributed by atoms with Gasteiger partial charge in [-0.25, -0.2) is 18.5 Å². The normalized spacial score (nSPS) is 15.4. The van der Waals surface area contributed by atoms with Gasteiger partial charge < -0.3 is 13.9 Å². The Morgan fingerprint density at radius 3 is 2.37 bits per heavy atom. The van der Waals surface area contributed by atoms with Gasteiger partial charge in [0.2, 0.25) is 15.9 Å². The van der Waals surface area contributed by atoms with Gasteiger partial charge in [0, 0.05) is 50.0 Å². The molecule has 1 aliphatic heterocycles. The fourth-order valence-electron chi connectivity index (χ4n) is 4.72. The first-order chi connectivity index (χ1) is 18.4. The number of thioether (sulfide) groups is 1. The van der Waals surface area contributed by atoms with Crippen LogP contribution in [0.5, 0.6) is 0 Å². The molecule has 5 rings (SSSR count). The molecule has 0 radical (unpaired) electrons. The molecule has 0 atom stereocenters. The Morgan fingerprint density at radius 2 is 1.68 bits per heavy atom.